The number of amides is 1. The maximum atomic E-state index is 11.8. The molecule has 1 saturated heterocycles. The number of likely N-dealkylation sites (N-methyl/N-ethyl adjacent to an activating group) is 1. The van der Waals surface area contributed by atoms with Crippen molar-refractivity contribution in [1.29, 1.82) is 0 Å². The number of aromatic nitrogens is 2. The SMILES string of the molecule is C=CC(=O)Nc1cccc(-c2cccc3cnc(Nc4ccc(N5CCN(C)CC5)c(CO)c4)nc23)c1. The van der Waals surface area contributed by atoms with E-state index in [1.54, 1.807) is 6.20 Å². The van der Waals surface area contributed by atoms with Crippen LogP contribution in [0.25, 0.3) is 22.0 Å². The third kappa shape index (κ3) is 5.45. The molecule has 0 radical (unpaired) electrons. The molecule has 0 aliphatic carbocycles. The van der Waals surface area contributed by atoms with Crippen molar-refractivity contribution in [1.82, 2.24) is 14.9 Å². The van der Waals surface area contributed by atoms with Crippen LogP contribution in [-0.2, 0) is 11.4 Å². The van der Waals surface area contributed by atoms with E-state index in [1.165, 1.54) is 6.08 Å². The Morgan fingerprint density at radius 1 is 1.05 bits per heavy atom. The minimum Gasteiger partial charge on any atom is -0.392 e. The standard InChI is InChI=1S/C29H30N6O2/c1-3-27(37)31-23-8-4-6-20(16-23)25-9-5-7-21-18-30-29(33-28(21)25)32-24-10-11-26(22(17-24)19-36)35-14-12-34(2)13-15-35/h3-11,16-18,36H,1,12-15,19H2,2H3,(H,31,37)(H,30,32,33). The van der Waals surface area contributed by atoms with Gasteiger partial charge in [0.05, 0.1) is 12.1 Å². The van der Waals surface area contributed by atoms with Crippen molar-refractivity contribution in [3.05, 3.63) is 85.1 Å². The molecule has 8 nitrogen and oxygen atoms in total. The Labute approximate surface area is 216 Å². The van der Waals surface area contributed by atoms with E-state index in [2.05, 4.69) is 45.1 Å². The molecule has 1 aliphatic heterocycles. The van der Waals surface area contributed by atoms with Crippen LogP contribution in [-0.4, -0.2) is 59.1 Å². The van der Waals surface area contributed by atoms with Crippen LogP contribution >= 0.6 is 0 Å². The van der Waals surface area contributed by atoms with Gasteiger partial charge in [0.15, 0.2) is 0 Å². The Morgan fingerprint density at radius 3 is 2.65 bits per heavy atom. The van der Waals surface area contributed by atoms with E-state index in [4.69, 9.17) is 4.98 Å². The lowest BCUT2D eigenvalue weighted by molar-refractivity contribution is -0.111. The second-order valence-corrected chi connectivity index (χ2v) is 9.13. The number of aliphatic hydroxyl groups excluding tert-OH is 1. The zero-order valence-corrected chi connectivity index (χ0v) is 20.8. The number of nitrogens with one attached hydrogen (secondary N) is 2. The molecular formula is C29H30N6O2. The van der Waals surface area contributed by atoms with Crippen LogP contribution in [0.1, 0.15) is 5.56 Å². The van der Waals surface area contributed by atoms with Crippen molar-refractivity contribution >= 4 is 39.8 Å². The van der Waals surface area contributed by atoms with Crippen molar-refractivity contribution in [2.24, 2.45) is 0 Å². The molecule has 0 spiro atoms. The van der Waals surface area contributed by atoms with E-state index in [0.29, 0.717) is 11.6 Å². The summed E-state index contributed by atoms with van der Waals surface area (Å²) in [6.45, 7) is 7.34. The number of carbonyl (C=O) groups excluding carboxylic acids is 1. The van der Waals surface area contributed by atoms with Crippen LogP contribution < -0.4 is 15.5 Å². The maximum absolute atomic E-state index is 11.8. The molecule has 4 aromatic rings. The number of nitrogens with zero attached hydrogens (tertiary/aromatic N) is 4. The van der Waals surface area contributed by atoms with Gasteiger partial charge >= 0.3 is 0 Å². The fraction of sp³-hybridized carbons (Fsp3) is 0.207. The van der Waals surface area contributed by atoms with E-state index in [0.717, 1.165) is 65.1 Å². The molecular weight excluding hydrogens is 464 g/mol. The molecule has 0 saturated carbocycles. The van der Waals surface area contributed by atoms with Gasteiger partial charge in [-0.15, -0.1) is 0 Å². The molecule has 0 bridgehead atoms. The number of para-hydroxylation sites is 1. The summed E-state index contributed by atoms with van der Waals surface area (Å²) < 4.78 is 0. The molecule has 188 valence electrons. The minimum absolute atomic E-state index is 0.0430. The van der Waals surface area contributed by atoms with Gasteiger partial charge in [0.2, 0.25) is 11.9 Å². The highest BCUT2D eigenvalue weighted by molar-refractivity contribution is 6.00. The number of rotatable bonds is 7. The first-order chi connectivity index (χ1) is 18.0. The van der Waals surface area contributed by atoms with Crippen molar-refractivity contribution in [3.8, 4) is 11.1 Å². The number of benzene rings is 3. The summed E-state index contributed by atoms with van der Waals surface area (Å²) in [5, 5.41) is 17.1. The molecule has 5 rings (SSSR count). The van der Waals surface area contributed by atoms with E-state index in [1.807, 2.05) is 54.6 Å². The fourth-order valence-electron chi connectivity index (χ4n) is 4.58. The van der Waals surface area contributed by atoms with E-state index in [-0.39, 0.29) is 12.5 Å². The van der Waals surface area contributed by atoms with Crippen molar-refractivity contribution in [3.63, 3.8) is 0 Å². The molecule has 1 fully saturated rings. The summed E-state index contributed by atoms with van der Waals surface area (Å²) in [5.74, 6) is 0.206. The Kier molecular flexibility index (Phi) is 7.11. The number of fused-ring (bicyclic) bond motifs is 1. The summed E-state index contributed by atoms with van der Waals surface area (Å²) in [5.41, 5.74) is 6.08. The lowest BCUT2D eigenvalue weighted by Crippen LogP contribution is -2.44. The Morgan fingerprint density at radius 2 is 1.86 bits per heavy atom. The summed E-state index contributed by atoms with van der Waals surface area (Å²) >= 11 is 0. The number of carbonyl (C=O) groups is 1. The summed E-state index contributed by atoms with van der Waals surface area (Å²) in [6, 6.07) is 19.6. The van der Waals surface area contributed by atoms with Crippen LogP contribution in [0, 0.1) is 0 Å². The number of hydrogen-bond acceptors (Lipinski definition) is 7. The molecule has 3 aromatic carbocycles. The number of hydrogen-bond donors (Lipinski definition) is 3. The van der Waals surface area contributed by atoms with Crippen LogP contribution in [0.4, 0.5) is 23.0 Å². The minimum atomic E-state index is -0.259. The van der Waals surface area contributed by atoms with Gasteiger partial charge in [-0.2, -0.15) is 0 Å². The smallest absolute Gasteiger partial charge is 0.247 e. The molecule has 37 heavy (non-hydrogen) atoms. The second kappa shape index (κ2) is 10.8. The van der Waals surface area contributed by atoms with Gasteiger partial charge in [-0.3, -0.25) is 4.79 Å². The van der Waals surface area contributed by atoms with Crippen LogP contribution in [0.15, 0.2) is 79.5 Å². The van der Waals surface area contributed by atoms with Gasteiger partial charge in [-0.1, -0.05) is 36.9 Å². The molecule has 0 atom stereocenters. The zero-order valence-electron chi connectivity index (χ0n) is 20.8. The average molecular weight is 495 g/mol. The lowest BCUT2D eigenvalue weighted by atomic mass is 10.0. The molecule has 1 aromatic heterocycles. The second-order valence-electron chi connectivity index (χ2n) is 9.13. The first-order valence-electron chi connectivity index (χ1n) is 12.3. The van der Waals surface area contributed by atoms with Gasteiger partial charge in [-0.25, -0.2) is 9.97 Å². The van der Waals surface area contributed by atoms with Gasteiger partial charge in [0.25, 0.3) is 0 Å². The fourth-order valence-corrected chi connectivity index (χ4v) is 4.58. The molecule has 1 aliphatic rings. The normalized spacial score (nSPS) is 13.9. The first-order valence-corrected chi connectivity index (χ1v) is 12.3. The predicted octanol–water partition coefficient (Wildman–Crippen LogP) is 4.41. The van der Waals surface area contributed by atoms with E-state index in [9.17, 15) is 9.90 Å². The van der Waals surface area contributed by atoms with Crippen molar-refractivity contribution in [2.45, 2.75) is 6.61 Å². The Bertz CT molecular complexity index is 1450. The molecule has 8 heteroatoms. The van der Waals surface area contributed by atoms with Gasteiger partial charge in [0, 0.05) is 66.0 Å². The summed E-state index contributed by atoms with van der Waals surface area (Å²) in [6.07, 6.45) is 3.04. The topological polar surface area (TPSA) is 93.6 Å². The van der Waals surface area contributed by atoms with Crippen molar-refractivity contribution in [2.75, 3.05) is 48.8 Å². The Balaban J connectivity index is 1.43. The van der Waals surface area contributed by atoms with E-state index < -0.39 is 0 Å². The van der Waals surface area contributed by atoms with Gasteiger partial charge in [-0.05, 0) is 49.0 Å². The number of anilines is 4. The molecule has 0 unspecified atom stereocenters. The third-order valence-corrected chi connectivity index (χ3v) is 6.59. The first kappa shape index (κ1) is 24.4. The molecule has 3 N–H and O–H groups in total. The summed E-state index contributed by atoms with van der Waals surface area (Å²) in [7, 11) is 2.13. The number of aliphatic hydroxyl groups is 1. The summed E-state index contributed by atoms with van der Waals surface area (Å²) in [4.78, 5) is 25.7. The van der Waals surface area contributed by atoms with Crippen LogP contribution in [0.3, 0.4) is 0 Å². The van der Waals surface area contributed by atoms with Gasteiger partial charge in [0.1, 0.15) is 0 Å². The average Bonchev–Trinajstić information content (AvgIpc) is 2.93. The quantitative estimate of drug-likeness (QED) is 0.328. The van der Waals surface area contributed by atoms with Crippen molar-refractivity contribution < 1.29 is 9.90 Å². The third-order valence-electron chi connectivity index (χ3n) is 6.59. The molecule has 2 heterocycles. The highest BCUT2D eigenvalue weighted by Gasteiger charge is 2.17. The van der Waals surface area contributed by atoms with Crippen LogP contribution in [0.5, 0.6) is 0 Å². The largest absolute Gasteiger partial charge is 0.392 e. The maximum Gasteiger partial charge on any atom is 0.247 e. The zero-order chi connectivity index (χ0) is 25.8. The Hall–Kier alpha value is -4.27. The molecule has 1 amide bonds. The highest BCUT2D eigenvalue weighted by atomic mass is 16.3. The van der Waals surface area contributed by atoms with Crippen LogP contribution in [0.2, 0.25) is 0 Å². The van der Waals surface area contributed by atoms with Gasteiger partial charge < -0.3 is 25.5 Å². The monoisotopic (exact) mass is 494 g/mol. The predicted molar refractivity (Wildman–Crippen MR) is 149 cm³/mol. The number of piperazine rings is 1. The lowest BCUT2D eigenvalue weighted by Gasteiger charge is -2.35. The van der Waals surface area contributed by atoms with E-state index >= 15 is 0 Å². The highest BCUT2D eigenvalue weighted by Crippen LogP contribution is 2.31.